The van der Waals surface area contributed by atoms with Crippen molar-refractivity contribution < 1.29 is 27.5 Å². The highest BCUT2D eigenvalue weighted by Gasteiger charge is 2.30. The van der Waals surface area contributed by atoms with Gasteiger partial charge < -0.3 is 10.1 Å². The number of allylic oxidation sites excluding steroid dienone is 1. The molecule has 0 saturated heterocycles. The van der Waals surface area contributed by atoms with Gasteiger partial charge >= 0.3 is 6.18 Å². The topological polar surface area (TPSA) is 79.2 Å². The van der Waals surface area contributed by atoms with Crippen LogP contribution in [0.4, 0.5) is 18.9 Å². The Morgan fingerprint density at radius 1 is 1.32 bits per heavy atom. The van der Waals surface area contributed by atoms with Crippen LogP contribution < -0.4 is 5.32 Å². The van der Waals surface area contributed by atoms with Crippen LogP contribution in [0.5, 0.6) is 0 Å². The predicted molar refractivity (Wildman–Crippen MR) is 73.6 cm³/mol. The van der Waals surface area contributed by atoms with Crippen molar-refractivity contribution in [2.75, 3.05) is 12.4 Å². The molecule has 0 aromatic heterocycles. The Kier molecular flexibility index (Phi) is 5.44. The van der Waals surface area contributed by atoms with Gasteiger partial charge in [-0.2, -0.15) is 13.2 Å². The summed E-state index contributed by atoms with van der Waals surface area (Å²) < 4.78 is 42.4. The van der Waals surface area contributed by atoms with Crippen molar-refractivity contribution in [3.8, 4) is 0 Å². The first-order chi connectivity index (χ1) is 10.2. The molecule has 8 heteroatoms. The van der Waals surface area contributed by atoms with Gasteiger partial charge in [-0.3, -0.25) is 15.0 Å². The van der Waals surface area contributed by atoms with E-state index in [2.05, 4.69) is 5.32 Å². The minimum absolute atomic E-state index is 0.0755. The number of rotatable bonds is 6. The fourth-order valence-corrected chi connectivity index (χ4v) is 1.43. The molecule has 1 rings (SSSR count). The summed E-state index contributed by atoms with van der Waals surface area (Å²) in [5.74, 6) is -2.07. The molecule has 0 spiro atoms. The van der Waals surface area contributed by atoms with E-state index in [1.165, 1.54) is 12.1 Å². The summed E-state index contributed by atoms with van der Waals surface area (Å²) in [5, 5.41) is 9.75. The van der Waals surface area contributed by atoms with Crippen LogP contribution in [-0.4, -0.2) is 24.4 Å². The van der Waals surface area contributed by atoms with Crippen molar-refractivity contribution in [3.63, 3.8) is 0 Å². The van der Waals surface area contributed by atoms with Gasteiger partial charge in [0.1, 0.15) is 5.71 Å². The predicted octanol–water partition coefficient (Wildman–Crippen LogP) is 2.78. The second-order valence-corrected chi connectivity index (χ2v) is 4.20. The van der Waals surface area contributed by atoms with E-state index in [1.54, 1.807) is 0 Å². The van der Waals surface area contributed by atoms with Gasteiger partial charge in [0, 0.05) is 18.8 Å². The van der Waals surface area contributed by atoms with Crippen LogP contribution in [0.15, 0.2) is 36.2 Å². The van der Waals surface area contributed by atoms with E-state index in [9.17, 15) is 22.8 Å². The van der Waals surface area contributed by atoms with Crippen molar-refractivity contribution in [2.45, 2.75) is 13.1 Å². The van der Waals surface area contributed by atoms with Crippen LogP contribution >= 0.6 is 0 Å². The van der Waals surface area contributed by atoms with E-state index in [-0.39, 0.29) is 11.4 Å². The highest BCUT2D eigenvalue weighted by atomic mass is 19.4. The lowest BCUT2D eigenvalue weighted by atomic mass is 10.1. The lowest BCUT2D eigenvalue weighted by Crippen LogP contribution is -2.23. The Balaban J connectivity index is 2.96. The molecule has 0 heterocycles. The Hall–Kier alpha value is -2.64. The van der Waals surface area contributed by atoms with Gasteiger partial charge in [0.15, 0.2) is 11.5 Å². The van der Waals surface area contributed by atoms with Crippen molar-refractivity contribution in [2.24, 2.45) is 0 Å². The summed E-state index contributed by atoms with van der Waals surface area (Å²) in [6.07, 6.45) is -3.49. The smallest absolute Gasteiger partial charge is 0.416 e. The second-order valence-electron chi connectivity index (χ2n) is 4.20. The molecule has 5 nitrogen and oxygen atoms in total. The fourth-order valence-electron chi connectivity index (χ4n) is 1.43. The zero-order valence-corrected chi connectivity index (χ0v) is 11.7. The van der Waals surface area contributed by atoms with Crippen LogP contribution in [0.2, 0.25) is 0 Å². The van der Waals surface area contributed by atoms with Crippen LogP contribution in [0, 0.1) is 5.41 Å². The van der Waals surface area contributed by atoms with Crippen molar-refractivity contribution in [3.05, 3.63) is 41.8 Å². The molecule has 0 aliphatic carbocycles. The monoisotopic (exact) mass is 314 g/mol. The van der Waals surface area contributed by atoms with E-state index in [0.717, 1.165) is 32.4 Å². The molecule has 0 amide bonds. The van der Waals surface area contributed by atoms with E-state index in [1.807, 2.05) is 0 Å². The maximum absolute atomic E-state index is 12.6. The Morgan fingerprint density at radius 2 is 1.95 bits per heavy atom. The average Bonchev–Trinajstić information content (AvgIpc) is 2.46. The first-order valence-electron chi connectivity index (χ1n) is 5.99. The summed E-state index contributed by atoms with van der Waals surface area (Å²) in [5.41, 5.74) is -1.56. The Bertz CT molecular complexity index is 636. The third-order valence-electron chi connectivity index (χ3n) is 2.58. The van der Waals surface area contributed by atoms with Crippen LogP contribution in [0.25, 0.3) is 0 Å². The molecular formula is C14H13F3N2O3. The molecule has 0 atom stereocenters. The number of anilines is 1. The number of benzene rings is 1. The van der Waals surface area contributed by atoms with Crippen LogP contribution in [-0.2, 0) is 20.5 Å². The van der Waals surface area contributed by atoms with Crippen molar-refractivity contribution >= 4 is 23.0 Å². The molecule has 0 bridgehead atoms. The number of Topliss-reactive ketones (excluding diaryl/α,β-unsaturated/α-hetero) is 2. The lowest BCUT2D eigenvalue weighted by molar-refractivity contribution is -0.137. The number of methoxy groups -OCH3 is 1. The number of nitrogens with one attached hydrogen (secondary N) is 2. The molecule has 1 aromatic rings. The first kappa shape index (κ1) is 17.4. The number of carbonyl (C=O) groups excluding carboxylic acids is 2. The highest BCUT2D eigenvalue weighted by molar-refractivity contribution is 6.67. The number of carbonyl (C=O) groups is 2. The van der Waals surface area contributed by atoms with Gasteiger partial charge in [0.2, 0.25) is 5.78 Å². The van der Waals surface area contributed by atoms with Crippen LogP contribution in [0.3, 0.4) is 0 Å². The number of ketones is 2. The number of alkyl halides is 3. The second kappa shape index (κ2) is 6.88. The number of hydrogen-bond acceptors (Lipinski definition) is 5. The Labute approximate surface area is 124 Å². The number of halogens is 3. The van der Waals surface area contributed by atoms with E-state index < -0.39 is 29.0 Å². The highest BCUT2D eigenvalue weighted by Crippen LogP contribution is 2.30. The molecular weight excluding hydrogens is 301 g/mol. The minimum Gasteiger partial charge on any atom is -0.491 e. The molecule has 0 unspecified atom stereocenters. The molecule has 22 heavy (non-hydrogen) atoms. The molecule has 0 saturated carbocycles. The summed E-state index contributed by atoms with van der Waals surface area (Å²) in [4.78, 5) is 22.7. The van der Waals surface area contributed by atoms with Gasteiger partial charge in [-0.15, -0.1) is 0 Å². The van der Waals surface area contributed by atoms with E-state index >= 15 is 0 Å². The summed E-state index contributed by atoms with van der Waals surface area (Å²) >= 11 is 0. The molecule has 0 aliphatic rings. The van der Waals surface area contributed by atoms with Gasteiger partial charge in [-0.05, 0) is 18.2 Å². The standard InChI is InChI=1S/C14H13F3N2O3/c1-8(20)12(18)13(21)11(22-2)7-19-10-5-3-4-9(6-10)14(15,16)17/h3-7,18-19H,1-2H3/b11-7+,18-12?. The molecule has 2 N–H and O–H groups in total. The third kappa shape index (κ3) is 4.44. The molecule has 118 valence electrons. The zero-order valence-electron chi connectivity index (χ0n) is 11.7. The molecule has 1 aromatic carbocycles. The summed E-state index contributed by atoms with van der Waals surface area (Å²) in [6.45, 7) is 1.05. The largest absolute Gasteiger partial charge is 0.491 e. The first-order valence-corrected chi connectivity index (χ1v) is 5.99. The normalized spacial score (nSPS) is 11.8. The SMILES string of the molecule is CO/C(=C/Nc1cccc(C(F)(F)F)c1)C(=O)C(=N)C(C)=O. The number of ether oxygens (including phenoxy) is 1. The summed E-state index contributed by atoms with van der Waals surface area (Å²) in [6, 6.07) is 4.32. The fraction of sp³-hybridized carbons (Fsp3) is 0.214. The molecule has 0 radical (unpaired) electrons. The molecule has 0 aliphatic heterocycles. The van der Waals surface area contributed by atoms with Crippen molar-refractivity contribution in [1.29, 1.82) is 5.41 Å². The average molecular weight is 314 g/mol. The third-order valence-corrected chi connectivity index (χ3v) is 2.58. The maximum Gasteiger partial charge on any atom is 0.416 e. The van der Waals surface area contributed by atoms with Gasteiger partial charge in [0.05, 0.1) is 12.7 Å². The van der Waals surface area contributed by atoms with Gasteiger partial charge in [-0.25, -0.2) is 0 Å². The van der Waals surface area contributed by atoms with Crippen LogP contribution in [0.1, 0.15) is 12.5 Å². The number of hydrogen-bond donors (Lipinski definition) is 2. The van der Waals surface area contributed by atoms with Crippen molar-refractivity contribution in [1.82, 2.24) is 0 Å². The zero-order chi connectivity index (χ0) is 16.9. The molecule has 0 fully saturated rings. The van der Waals surface area contributed by atoms with Gasteiger partial charge in [0.25, 0.3) is 0 Å². The maximum atomic E-state index is 12.6. The van der Waals surface area contributed by atoms with E-state index in [0.29, 0.717) is 0 Å². The summed E-state index contributed by atoms with van der Waals surface area (Å²) in [7, 11) is 1.14. The van der Waals surface area contributed by atoms with E-state index in [4.69, 9.17) is 10.1 Å². The quantitative estimate of drug-likeness (QED) is 0.366. The minimum atomic E-state index is -4.49. The lowest BCUT2D eigenvalue weighted by Gasteiger charge is -2.09. The van der Waals surface area contributed by atoms with Gasteiger partial charge in [-0.1, -0.05) is 6.07 Å². The Morgan fingerprint density at radius 3 is 2.45 bits per heavy atom.